The minimum absolute atomic E-state index is 0.279. The lowest BCUT2D eigenvalue weighted by molar-refractivity contribution is -0.122. The quantitative estimate of drug-likeness (QED) is 0.0342. The van der Waals surface area contributed by atoms with Gasteiger partial charge < -0.3 is 10.4 Å². The predicted octanol–water partition coefficient (Wildman–Crippen LogP) is 11.9. The van der Waals surface area contributed by atoms with Crippen LogP contribution in [0, 0.1) is 0 Å². The SMILES string of the molecule is CCCCCCCC/C=C\CCCCCCCCCC(=O)NC(CS(=O)(=O)O)C(O)/C=C/CC/C=C/CC/C=C/CCCCCCCCC. The second-order valence-corrected chi connectivity index (χ2v) is 15.4. The Labute approximate surface area is 303 Å². The van der Waals surface area contributed by atoms with Crippen molar-refractivity contribution in [2.75, 3.05) is 5.75 Å². The zero-order valence-electron chi connectivity index (χ0n) is 31.8. The number of hydrogen-bond donors (Lipinski definition) is 3. The number of rotatable bonds is 36. The number of unbranched alkanes of at least 4 members (excludes halogenated alkanes) is 22. The molecule has 3 N–H and O–H groups in total. The third-order valence-electron chi connectivity index (χ3n) is 8.96. The highest BCUT2D eigenvalue weighted by molar-refractivity contribution is 7.85. The van der Waals surface area contributed by atoms with Gasteiger partial charge in [0.2, 0.25) is 5.91 Å². The van der Waals surface area contributed by atoms with Crippen molar-refractivity contribution < 1.29 is 22.9 Å². The molecule has 286 valence electrons. The molecular formula is C42H77NO5S. The first-order valence-corrected chi connectivity index (χ1v) is 21.9. The molecule has 0 fully saturated rings. The highest BCUT2D eigenvalue weighted by Crippen LogP contribution is 2.13. The molecule has 0 aliphatic rings. The number of allylic oxidation sites excluding steroid dienone is 7. The summed E-state index contributed by atoms with van der Waals surface area (Å²) in [6, 6.07) is -1.08. The molecule has 0 aromatic heterocycles. The van der Waals surface area contributed by atoms with Crippen LogP contribution in [-0.4, -0.2) is 41.9 Å². The molecule has 0 aliphatic heterocycles. The number of aliphatic hydroxyl groups excluding tert-OH is 1. The third-order valence-corrected chi connectivity index (χ3v) is 9.74. The molecular weight excluding hydrogens is 631 g/mol. The van der Waals surface area contributed by atoms with Crippen LogP contribution in [0.2, 0.25) is 0 Å². The molecule has 0 aromatic rings. The van der Waals surface area contributed by atoms with Crippen LogP contribution in [0.1, 0.15) is 194 Å². The van der Waals surface area contributed by atoms with Crippen molar-refractivity contribution in [3.8, 4) is 0 Å². The van der Waals surface area contributed by atoms with E-state index in [1.54, 1.807) is 6.08 Å². The number of amides is 1. The van der Waals surface area contributed by atoms with Gasteiger partial charge in [-0.2, -0.15) is 8.42 Å². The Hall–Kier alpha value is -1.70. The second-order valence-electron chi connectivity index (χ2n) is 13.9. The summed E-state index contributed by atoms with van der Waals surface area (Å²) in [6.07, 6.45) is 48.1. The van der Waals surface area contributed by atoms with E-state index in [4.69, 9.17) is 0 Å². The van der Waals surface area contributed by atoms with E-state index in [0.717, 1.165) is 51.4 Å². The topological polar surface area (TPSA) is 104 Å². The highest BCUT2D eigenvalue weighted by atomic mass is 32.2. The van der Waals surface area contributed by atoms with Gasteiger partial charge in [0, 0.05) is 6.42 Å². The average molecular weight is 708 g/mol. The molecule has 0 aromatic carbocycles. The molecule has 1 amide bonds. The molecule has 0 rings (SSSR count). The minimum Gasteiger partial charge on any atom is -0.387 e. The zero-order chi connectivity index (χ0) is 36.1. The van der Waals surface area contributed by atoms with Gasteiger partial charge in [-0.3, -0.25) is 9.35 Å². The summed E-state index contributed by atoms with van der Waals surface area (Å²) in [4.78, 5) is 12.5. The molecule has 0 saturated carbocycles. The van der Waals surface area contributed by atoms with Gasteiger partial charge in [0.05, 0.1) is 17.9 Å². The third kappa shape index (κ3) is 37.4. The van der Waals surface area contributed by atoms with E-state index >= 15 is 0 Å². The van der Waals surface area contributed by atoms with Crippen LogP contribution in [0.15, 0.2) is 48.6 Å². The monoisotopic (exact) mass is 708 g/mol. The van der Waals surface area contributed by atoms with E-state index < -0.39 is 28.0 Å². The maximum absolute atomic E-state index is 12.5. The number of hydrogen-bond acceptors (Lipinski definition) is 4. The van der Waals surface area contributed by atoms with Crippen molar-refractivity contribution in [1.29, 1.82) is 0 Å². The number of nitrogens with one attached hydrogen (secondary N) is 1. The van der Waals surface area contributed by atoms with E-state index in [0.29, 0.717) is 6.42 Å². The van der Waals surface area contributed by atoms with E-state index in [1.165, 1.54) is 122 Å². The fourth-order valence-corrected chi connectivity index (χ4v) is 6.62. The Morgan fingerprint density at radius 3 is 1.29 bits per heavy atom. The fraction of sp³-hybridized carbons (Fsp3) is 0.786. The number of carbonyl (C=O) groups is 1. The second kappa shape index (κ2) is 36.1. The molecule has 0 radical (unpaired) electrons. The maximum Gasteiger partial charge on any atom is 0.267 e. The Morgan fingerprint density at radius 1 is 0.531 bits per heavy atom. The number of aliphatic hydroxyl groups is 1. The van der Waals surface area contributed by atoms with Crippen LogP contribution in [-0.2, 0) is 14.9 Å². The van der Waals surface area contributed by atoms with Crippen LogP contribution in [0.5, 0.6) is 0 Å². The smallest absolute Gasteiger partial charge is 0.267 e. The first kappa shape index (κ1) is 47.3. The van der Waals surface area contributed by atoms with Gasteiger partial charge in [0.1, 0.15) is 0 Å². The fourth-order valence-electron chi connectivity index (χ4n) is 5.89. The lowest BCUT2D eigenvalue weighted by atomic mass is 10.1. The van der Waals surface area contributed by atoms with Gasteiger partial charge in [-0.15, -0.1) is 0 Å². The van der Waals surface area contributed by atoms with Crippen molar-refractivity contribution in [1.82, 2.24) is 5.32 Å². The summed E-state index contributed by atoms with van der Waals surface area (Å²) in [7, 11) is -4.36. The Bertz CT molecular complexity index is 956. The molecule has 0 heterocycles. The first-order chi connectivity index (χ1) is 23.8. The van der Waals surface area contributed by atoms with Gasteiger partial charge in [0.15, 0.2) is 0 Å². The summed E-state index contributed by atoms with van der Waals surface area (Å²) in [5.41, 5.74) is 0. The summed E-state index contributed by atoms with van der Waals surface area (Å²) in [6.45, 7) is 4.51. The van der Waals surface area contributed by atoms with Gasteiger partial charge in [-0.25, -0.2) is 0 Å². The zero-order valence-corrected chi connectivity index (χ0v) is 32.6. The Morgan fingerprint density at radius 2 is 0.878 bits per heavy atom. The van der Waals surface area contributed by atoms with Gasteiger partial charge >= 0.3 is 0 Å². The lowest BCUT2D eigenvalue weighted by Crippen LogP contribution is -2.46. The van der Waals surface area contributed by atoms with Crippen molar-refractivity contribution in [3.05, 3.63) is 48.6 Å². The highest BCUT2D eigenvalue weighted by Gasteiger charge is 2.24. The summed E-state index contributed by atoms with van der Waals surface area (Å²) >= 11 is 0. The van der Waals surface area contributed by atoms with Gasteiger partial charge in [-0.1, -0.05) is 165 Å². The van der Waals surface area contributed by atoms with E-state index in [9.17, 15) is 22.9 Å². The van der Waals surface area contributed by atoms with Crippen LogP contribution in [0.4, 0.5) is 0 Å². The van der Waals surface area contributed by atoms with Crippen LogP contribution in [0.3, 0.4) is 0 Å². The molecule has 0 spiro atoms. The van der Waals surface area contributed by atoms with Crippen LogP contribution < -0.4 is 5.32 Å². The van der Waals surface area contributed by atoms with Crippen LogP contribution >= 0.6 is 0 Å². The first-order valence-electron chi connectivity index (χ1n) is 20.3. The minimum atomic E-state index is -4.36. The normalized spacial score (nSPS) is 13.8. The molecule has 49 heavy (non-hydrogen) atoms. The van der Waals surface area contributed by atoms with Gasteiger partial charge in [0.25, 0.3) is 10.1 Å². The maximum atomic E-state index is 12.5. The molecule has 2 unspecified atom stereocenters. The molecule has 0 bridgehead atoms. The molecule has 6 nitrogen and oxygen atoms in total. The molecule has 0 saturated heterocycles. The van der Waals surface area contributed by atoms with Crippen LogP contribution in [0.25, 0.3) is 0 Å². The standard InChI is InChI=1S/C42H77NO5S/c1-3-5-7-9-11-13-15-17-19-21-23-25-27-29-31-33-35-37-41(44)40(39-49(46,47)48)43-42(45)38-36-34-32-30-28-26-24-22-20-18-16-14-12-10-8-6-4-2/h18-21,27,29,35,37,40-41,44H,3-17,22-26,28,30-34,36,38-39H2,1-2H3,(H,43,45)(H,46,47,48)/b20-18-,21-19+,29-27+,37-35+. The summed E-state index contributed by atoms with van der Waals surface area (Å²) in [5, 5.41) is 13.2. The van der Waals surface area contributed by atoms with Crippen molar-refractivity contribution >= 4 is 16.0 Å². The van der Waals surface area contributed by atoms with Crippen molar-refractivity contribution in [3.63, 3.8) is 0 Å². The Balaban J connectivity index is 4.02. The lowest BCUT2D eigenvalue weighted by Gasteiger charge is -2.21. The molecule has 2 atom stereocenters. The number of carbonyl (C=O) groups excluding carboxylic acids is 1. The summed E-state index contributed by atoms with van der Waals surface area (Å²) < 4.78 is 32.4. The average Bonchev–Trinajstić information content (AvgIpc) is 3.06. The van der Waals surface area contributed by atoms with Gasteiger partial charge in [-0.05, 0) is 70.6 Å². The Kier molecular flexibility index (Phi) is 34.9. The molecule has 0 aliphatic carbocycles. The molecule has 7 heteroatoms. The summed E-state index contributed by atoms with van der Waals surface area (Å²) in [5.74, 6) is -1.02. The van der Waals surface area contributed by atoms with Crippen molar-refractivity contribution in [2.24, 2.45) is 0 Å². The van der Waals surface area contributed by atoms with E-state index in [2.05, 4.69) is 55.6 Å². The van der Waals surface area contributed by atoms with Crippen molar-refractivity contribution in [2.45, 2.75) is 206 Å². The van der Waals surface area contributed by atoms with E-state index in [1.807, 2.05) is 0 Å². The largest absolute Gasteiger partial charge is 0.387 e. The van der Waals surface area contributed by atoms with E-state index in [-0.39, 0.29) is 12.3 Å². The predicted molar refractivity (Wildman–Crippen MR) is 212 cm³/mol.